The highest BCUT2D eigenvalue weighted by Gasteiger charge is 2.59. The van der Waals surface area contributed by atoms with Crippen LogP contribution in [0.15, 0.2) is 16.8 Å². The Hall–Kier alpha value is -1.11. The van der Waals surface area contributed by atoms with Crippen LogP contribution in [0.4, 0.5) is 4.79 Å². The van der Waals surface area contributed by atoms with Crippen LogP contribution in [0.3, 0.4) is 0 Å². The molecule has 1 aromatic rings. The predicted octanol–water partition coefficient (Wildman–Crippen LogP) is 2.07. The Kier molecular flexibility index (Phi) is 3.95. The van der Waals surface area contributed by atoms with Gasteiger partial charge in [0.2, 0.25) is 0 Å². The zero-order valence-electron chi connectivity index (χ0n) is 13.3. The molecule has 122 valence electrons. The molecule has 6 heteroatoms. The number of carbonyl (C=O) groups excluding carboxylic acids is 1. The van der Waals surface area contributed by atoms with E-state index in [9.17, 15) is 9.90 Å². The van der Waals surface area contributed by atoms with E-state index in [1.54, 1.807) is 6.92 Å². The maximum atomic E-state index is 12.2. The molecular weight excluding hydrogens is 300 g/mol. The lowest BCUT2D eigenvalue weighted by Gasteiger charge is -2.54. The smallest absolute Gasteiger partial charge is 0.315 e. The Morgan fingerprint density at radius 2 is 2.36 bits per heavy atom. The molecule has 1 aliphatic carbocycles. The van der Waals surface area contributed by atoms with Crippen LogP contribution in [0.25, 0.3) is 0 Å². The highest BCUT2D eigenvalue weighted by atomic mass is 32.1. The van der Waals surface area contributed by atoms with Crippen molar-refractivity contribution in [1.29, 1.82) is 0 Å². The molecule has 0 spiro atoms. The maximum absolute atomic E-state index is 12.2. The largest absolute Gasteiger partial charge is 0.384 e. The molecule has 2 fully saturated rings. The number of aliphatic hydroxyl groups is 1. The number of hydrogen-bond donors (Lipinski definition) is 3. The third kappa shape index (κ3) is 2.64. The quantitative estimate of drug-likeness (QED) is 0.794. The number of nitrogens with one attached hydrogen (secondary N) is 2. The van der Waals surface area contributed by atoms with E-state index in [0.29, 0.717) is 5.92 Å². The number of thiophene rings is 1. The lowest BCUT2D eigenvalue weighted by Crippen LogP contribution is -2.67. The first kappa shape index (κ1) is 15.8. The molecule has 5 nitrogen and oxygen atoms in total. The number of amides is 2. The summed E-state index contributed by atoms with van der Waals surface area (Å²) in [7, 11) is 0. The summed E-state index contributed by atoms with van der Waals surface area (Å²) in [5, 5.41) is 20.1. The normalized spacial score (nSPS) is 31.7. The van der Waals surface area contributed by atoms with Gasteiger partial charge in [0.25, 0.3) is 0 Å². The van der Waals surface area contributed by atoms with Crippen molar-refractivity contribution in [2.45, 2.75) is 44.9 Å². The van der Waals surface area contributed by atoms with Crippen molar-refractivity contribution >= 4 is 17.4 Å². The number of rotatable bonds is 4. The highest BCUT2D eigenvalue weighted by molar-refractivity contribution is 7.08. The molecule has 1 saturated heterocycles. The summed E-state index contributed by atoms with van der Waals surface area (Å²) in [5.41, 5.74) is -0.258. The Labute approximate surface area is 135 Å². The van der Waals surface area contributed by atoms with Crippen LogP contribution in [0.2, 0.25) is 0 Å². The fourth-order valence-corrected chi connectivity index (χ4v) is 4.52. The Balaban J connectivity index is 1.53. The third-order valence-electron chi connectivity index (χ3n) is 5.12. The van der Waals surface area contributed by atoms with Crippen LogP contribution in [0.1, 0.15) is 32.8 Å². The Morgan fingerprint density at radius 1 is 1.59 bits per heavy atom. The molecule has 2 amide bonds. The van der Waals surface area contributed by atoms with Gasteiger partial charge in [0, 0.05) is 24.0 Å². The SMILES string of the molecule is CC(O)(CNC(=O)NC1C2CCOC2C1(C)C)c1ccsc1. The summed E-state index contributed by atoms with van der Waals surface area (Å²) in [5.74, 6) is 0.415. The van der Waals surface area contributed by atoms with E-state index in [-0.39, 0.29) is 30.1 Å². The van der Waals surface area contributed by atoms with Crippen LogP contribution in [-0.2, 0) is 10.3 Å². The number of urea groups is 1. The van der Waals surface area contributed by atoms with Crippen LogP contribution in [0, 0.1) is 11.3 Å². The van der Waals surface area contributed by atoms with Crippen molar-refractivity contribution in [3.63, 3.8) is 0 Å². The molecule has 0 aromatic carbocycles. The van der Waals surface area contributed by atoms with Crippen molar-refractivity contribution in [3.8, 4) is 0 Å². The summed E-state index contributed by atoms with van der Waals surface area (Å²) < 4.78 is 5.73. The lowest BCUT2D eigenvalue weighted by atomic mass is 9.57. The van der Waals surface area contributed by atoms with Crippen molar-refractivity contribution in [2.24, 2.45) is 11.3 Å². The summed E-state index contributed by atoms with van der Waals surface area (Å²) in [4.78, 5) is 12.2. The lowest BCUT2D eigenvalue weighted by molar-refractivity contribution is -0.108. The van der Waals surface area contributed by atoms with Gasteiger partial charge in [-0.1, -0.05) is 13.8 Å². The topological polar surface area (TPSA) is 70.6 Å². The number of fused-ring (bicyclic) bond motifs is 1. The first-order chi connectivity index (χ1) is 10.3. The van der Waals surface area contributed by atoms with Crippen molar-refractivity contribution < 1.29 is 14.6 Å². The molecule has 4 atom stereocenters. The van der Waals surface area contributed by atoms with Gasteiger partial charge in [-0.3, -0.25) is 0 Å². The zero-order chi connectivity index (χ0) is 16.0. The van der Waals surface area contributed by atoms with E-state index in [0.717, 1.165) is 18.6 Å². The van der Waals surface area contributed by atoms with Crippen molar-refractivity contribution in [3.05, 3.63) is 22.4 Å². The van der Waals surface area contributed by atoms with E-state index < -0.39 is 5.60 Å². The zero-order valence-corrected chi connectivity index (χ0v) is 14.1. The van der Waals surface area contributed by atoms with Gasteiger partial charge in [-0.25, -0.2) is 4.79 Å². The molecule has 1 saturated carbocycles. The van der Waals surface area contributed by atoms with E-state index in [4.69, 9.17) is 4.74 Å². The molecule has 3 rings (SSSR count). The predicted molar refractivity (Wildman–Crippen MR) is 85.8 cm³/mol. The van der Waals surface area contributed by atoms with E-state index in [1.165, 1.54) is 11.3 Å². The molecule has 1 aromatic heterocycles. The van der Waals surface area contributed by atoms with Gasteiger partial charge in [0.15, 0.2) is 0 Å². The summed E-state index contributed by atoms with van der Waals surface area (Å²) in [6, 6.07) is 1.78. The molecule has 4 unspecified atom stereocenters. The Bertz CT molecular complexity index is 542. The standard InChI is InChI=1S/C16H24N2O3S/c1-15(2)12(11-4-6-21-13(11)15)18-14(19)17-9-16(3,20)10-5-7-22-8-10/h5,7-8,11-13,20H,4,6,9H2,1-3H3,(H2,17,18,19). The minimum atomic E-state index is -1.05. The average Bonchev–Trinajstić information content (AvgIpc) is 3.12. The monoisotopic (exact) mass is 324 g/mol. The summed E-state index contributed by atoms with van der Waals surface area (Å²) in [6.07, 6.45) is 1.26. The van der Waals surface area contributed by atoms with E-state index in [1.807, 2.05) is 16.8 Å². The molecular formula is C16H24N2O3S. The number of carbonyl (C=O) groups is 1. The van der Waals surface area contributed by atoms with E-state index >= 15 is 0 Å². The minimum absolute atomic E-state index is 0.0334. The highest BCUT2D eigenvalue weighted by Crippen LogP contribution is 2.52. The van der Waals surface area contributed by atoms with Gasteiger partial charge in [-0.2, -0.15) is 11.3 Å². The second kappa shape index (κ2) is 5.51. The molecule has 1 aliphatic heterocycles. The van der Waals surface area contributed by atoms with Crippen LogP contribution in [0.5, 0.6) is 0 Å². The molecule has 2 aliphatic rings. The fourth-order valence-electron chi connectivity index (χ4n) is 3.73. The fraction of sp³-hybridized carbons (Fsp3) is 0.688. The van der Waals surface area contributed by atoms with Crippen LogP contribution >= 0.6 is 11.3 Å². The molecule has 3 N–H and O–H groups in total. The van der Waals surface area contributed by atoms with Gasteiger partial charge in [-0.15, -0.1) is 0 Å². The minimum Gasteiger partial charge on any atom is -0.384 e. The van der Waals surface area contributed by atoms with Gasteiger partial charge >= 0.3 is 6.03 Å². The molecule has 22 heavy (non-hydrogen) atoms. The van der Waals surface area contributed by atoms with Gasteiger partial charge in [0.1, 0.15) is 5.60 Å². The Morgan fingerprint density at radius 3 is 3.05 bits per heavy atom. The van der Waals surface area contributed by atoms with Crippen molar-refractivity contribution in [2.75, 3.05) is 13.2 Å². The van der Waals surface area contributed by atoms with Gasteiger partial charge in [0.05, 0.1) is 12.6 Å². The number of hydrogen-bond acceptors (Lipinski definition) is 4. The average molecular weight is 324 g/mol. The first-order valence-corrected chi connectivity index (χ1v) is 8.68. The van der Waals surface area contributed by atoms with Gasteiger partial charge < -0.3 is 20.5 Å². The summed E-state index contributed by atoms with van der Waals surface area (Å²) >= 11 is 1.53. The van der Waals surface area contributed by atoms with Crippen LogP contribution in [-0.4, -0.2) is 36.4 Å². The first-order valence-electron chi connectivity index (χ1n) is 7.73. The number of ether oxygens (including phenoxy) is 1. The molecule has 2 heterocycles. The third-order valence-corrected chi connectivity index (χ3v) is 5.81. The summed E-state index contributed by atoms with van der Waals surface area (Å²) in [6.45, 7) is 6.94. The van der Waals surface area contributed by atoms with Crippen LogP contribution < -0.4 is 10.6 Å². The van der Waals surface area contributed by atoms with E-state index in [2.05, 4.69) is 24.5 Å². The van der Waals surface area contributed by atoms with Crippen molar-refractivity contribution in [1.82, 2.24) is 10.6 Å². The molecule has 0 radical (unpaired) electrons. The second-order valence-electron chi connectivity index (χ2n) is 7.16. The maximum Gasteiger partial charge on any atom is 0.315 e. The van der Waals surface area contributed by atoms with Gasteiger partial charge in [-0.05, 0) is 35.7 Å². The molecule has 0 bridgehead atoms. The second-order valence-corrected chi connectivity index (χ2v) is 7.94.